The fourth-order valence-corrected chi connectivity index (χ4v) is 5.03. The van der Waals surface area contributed by atoms with E-state index in [1.54, 1.807) is 18.9 Å². The summed E-state index contributed by atoms with van der Waals surface area (Å²) in [7, 11) is 1.62. The fourth-order valence-electron chi connectivity index (χ4n) is 3.47. The first-order valence-corrected chi connectivity index (χ1v) is 10.8. The fraction of sp³-hybridized carbons (Fsp3) is 0.273. The van der Waals surface area contributed by atoms with Gasteiger partial charge in [-0.25, -0.2) is 0 Å². The molecule has 2 heterocycles. The number of fused-ring (bicyclic) bond motifs is 1. The number of rotatable bonds is 5. The van der Waals surface area contributed by atoms with Crippen LogP contribution in [0.3, 0.4) is 0 Å². The maximum absolute atomic E-state index is 12.5. The lowest BCUT2D eigenvalue weighted by Gasteiger charge is -2.22. The van der Waals surface area contributed by atoms with E-state index in [4.69, 9.17) is 21.1 Å². The second-order valence-corrected chi connectivity index (χ2v) is 8.94. The van der Waals surface area contributed by atoms with Gasteiger partial charge in [-0.3, -0.25) is 9.89 Å². The average molecular weight is 444 g/mol. The molecular formula is C22H22ClN3O3S. The van der Waals surface area contributed by atoms with Gasteiger partial charge in [0.25, 0.3) is 0 Å². The topological polar surface area (TPSA) is 76.2 Å². The van der Waals surface area contributed by atoms with Gasteiger partial charge in [-0.2, -0.15) is 5.10 Å². The number of halogens is 1. The lowest BCUT2D eigenvalue weighted by molar-refractivity contribution is -0.115. The van der Waals surface area contributed by atoms with Crippen molar-refractivity contribution < 1.29 is 14.3 Å². The summed E-state index contributed by atoms with van der Waals surface area (Å²) in [6, 6.07) is 13.4. The minimum Gasteiger partial charge on any atom is -0.493 e. The number of hydrogen-bond donors (Lipinski definition) is 2. The van der Waals surface area contributed by atoms with Crippen molar-refractivity contribution >= 4 is 35.1 Å². The number of thioether (sulfide) groups is 1. The number of nitrogens with zero attached hydrogens (tertiary/aromatic N) is 1. The molecule has 1 amide bonds. The van der Waals surface area contributed by atoms with Gasteiger partial charge < -0.3 is 14.8 Å². The molecule has 0 bridgehead atoms. The van der Waals surface area contributed by atoms with Crippen molar-refractivity contribution in [1.82, 2.24) is 10.2 Å². The minimum atomic E-state index is -0.254. The van der Waals surface area contributed by atoms with Crippen molar-refractivity contribution in [1.29, 1.82) is 0 Å². The van der Waals surface area contributed by atoms with E-state index in [1.165, 1.54) is 0 Å². The number of hydrogen-bond acceptors (Lipinski definition) is 5. The van der Waals surface area contributed by atoms with Crippen LogP contribution in [0.2, 0.25) is 5.02 Å². The Morgan fingerprint density at radius 2 is 2.03 bits per heavy atom. The normalized spacial score (nSPS) is 18.3. The highest BCUT2D eigenvalue weighted by atomic mass is 35.5. The second kappa shape index (κ2) is 8.62. The van der Waals surface area contributed by atoms with E-state index in [-0.39, 0.29) is 16.4 Å². The molecule has 4 rings (SSSR count). The van der Waals surface area contributed by atoms with Crippen molar-refractivity contribution in [2.75, 3.05) is 12.4 Å². The highest BCUT2D eigenvalue weighted by Crippen LogP contribution is 2.49. The molecule has 0 spiro atoms. The Hall–Kier alpha value is -2.64. The van der Waals surface area contributed by atoms with Crippen LogP contribution in [0.15, 0.2) is 42.5 Å². The molecule has 0 radical (unpaired) electrons. The highest BCUT2D eigenvalue weighted by molar-refractivity contribution is 8.01. The number of para-hydroxylation sites is 1. The Bertz CT molecular complexity index is 1090. The van der Waals surface area contributed by atoms with E-state index in [9.17, 15) is 4.79 Å². The number of aromatic amines is 1. The van der Waals surface area contributed by atoms with E-state index in [0.717, 1.165) is 22.4 Å². The average Bonchev–Trinajstić information content (AvgIpc) is 3.03. The van der Waals surface area contributed by atoms with Crippen molar-refractivity contribution in [3.8, 4) is 11.5 Å². The summed E-state index contributed by atoms with van der Waals surface area (Å²) in [4.78, 5) is 12.5. The summed E-state index contributed by atoms with van der Waals surface area (Å²) in [5.41, 5.74) is 3.73. The Morgan fingerprint density at radius 1 is 1.23 bits per heavy atom. The van der Waals surface area contributed by atoms with Gasteiger partial charge in [-0.05, 0) is 37.6 Å². The molecule has 3 aromatic rings. The molecule has 2 aromatic carbocycles. The molecule has 1 aromatic heterocycles. The molecule has 0 saturated carbocycles. The maximum Gasteiger partial charge on any atom is 0.238 e. The number of benzene rings is 2. The van der Waals surface area contributed by atoms with Crippen LogP contribution < -0.4 is 14.8 Å². The van der Waals surface area contributed by atoms with Gasteiger partial charge in [0, 0.05) is 21.8 Å². The predicted octanol–water partition coefficient (Wildman–Crippen LogP) is 5.12. The van der Waals surface area contributed by atoms with Gasteiger partial charge in [0.2, 0.25) is 5.91 Å². The van der Waals surface area contributed by atoms with Crippen LogP contribution >= 0.6 is 23.4 Å². The molecule has 0 fully saturated rings. The molecule has 0 saturated heterocycles. The first kappa shape index (κ1) is 20.6. The van der Waals surface area contributed by atoms with E-state index in [2.05, 4.69) is 15.5 Å². The standard InChI is InChI=1S/C22H22ClN3O3S/c1-12-18-20(30-13(2)22(27)24-21(18)26-25-12)16-8-5-9-17(28-3)19(16)29-11-14-6-4-7-15(23)10-14/h4-10,13,20H,11H2,1-3H3,(H2,24,25,26,27). The molecule has 2 N–H and O–H groups in total. The van der Waals surface area contributed by atoms with Crippen LogP contribution in [-0.4, -0.2) is 28.5 Å². The first-order valence-electron chi connectivity index (χ1n) is 9.53. The molecule has 2 unspecified atom stereocenters. The number of ether oxygens (including phenoxy) is 2. The van der Waals surface area contributed by atoms with Gasteiger partial charge in [-0.1, -0.05) is 35.9 Å². The van der Waals surface area contributed by atoms with E-state index in [1.807, 2.05) is 56.3 Å². The lowest BCUT2D eigenvalue weighted by atomic mass is 10.0. The van der Waals surface area contributed by atoms with E-state index >= 15 is 0 Å². The van der Waals surface area contributed by atoms with Crippen molar-refractivity contribution in [2.45, 2.75) is 31.0 Å². The predicted molar refractivity (Wildman–Crippen MR) is 120 cm³/mol. The van der Waals surface area contributed by atoms with Crippen molar-refractivity contribution in [2.24, 2.45) is 0 Å². The van der Waals surface area contributed by atoms with E-state index < -0.39 is 0 Å². The van der Waals surface area contributed by atoms with Crippen LogP contribution in [0, 0.1) is 6.92 Å². The van der Waals surface area contributed by atoms with Gasteiger partial charge in [-0.15, -0.1) is 11.8 Å². The number of aromatic nitrogens is 2. The molecule has 1 aliphatic heterocycles. The Kier molecular flexibility index (Phi) is 5.92. The summed E-state index contributed by atoms with van der Waals surface area (Å²) in [5.74, 6) is 1.77. The third-order valence-corrected chi connectivity index (χ3v) is 6.61. The second-order valence-electron chi connectivity index (χ2n) is 7.06. The zero-order chi connectivity index (χ0) is 21.3. The minimum absolute atomic E-state index is 0.0699. The van der Waals surface area contributed by atoms with E-state index in [0.29, 0.717) is 28.9 Å². The van der Waals surface area contributed by atoms with Crippen LogP contribution in [0.4, 0.5) is 5.82 Å². The Balaban J connectivity index is 1.76. The largest absolute Gasteiger partial charge is 0.493 e. The number of carbonyl (C=O) groups is 1. The monoisotopic (exact) mass is 443 g/mol. The highest BCUT2D eigenvalue weighted by Gasteiger charge is 2.34. The zero-order valence-corrected chi connectivity index (χ0v) is 18.4. The van der Waals surface area contributed by atoms with Gasteiger partial charge >= 0.3 is 0 Å². The van der Waals surface area contributed by atoms with Crippen molar-refractivity contribution in [3.05, 3.63) is 69.9 Å². The number of methoxy groups -OCH3 is 1. The smallest absolute Gasteiger partial charge is 0.238 e. The first-order chi connectivity index (χ1) is 14.5. The number of nitrogens with one attached hydrogen (secondary N) is 2. The molecule has 30 heavy (non-hydrogen) atoms. The Labute approximate surface area is 184 Å². The van der Waals surface area contributed by atoms with Crippen LogP contribution in [-0.2, 0) is 11.4 Å². The van der Waals surface area contributed by atoms with Crippen LogP contribution in [0.25, 0.3) is 0 Å². The quantitative estimate of drug-likeness (QED) is 0.572. The number of H-pyrrole nitrogens is 1. The molecular weight excluding hydrogens is 422 g/mol. The van der Waals surface area contributed by atoms with Gasteiger partial charge in [0.15, 0.2) is 17.3 Å². The summed E-state index contributed by atoms with van der Waals surface area (Å²) < 4.78 is 11.9. The lowest BCUT2D eigenvalue weighted by Crippen LogP contribution is -2.21. The summed E-state index contributed by atoms with van der Waals surface area (Å²) in [6.45, 7) is 4.19. The third-order valence-electron chi connectivity index (χ3n) is 4.99. The number of anilines is 1. The zero-order valence-electron chi connectivity index (χ0n) is 16.9. The Morgan fingerprint density at radius 3 is 2.80 bits per heavy atom. The summed E-state index contributed by atoms with van der Waals surface area (Å²) in [5, 5.41) is 10.5. The molecule has 1 aliphatic rings. The van der Waals surface area contributed by atoms with Crippen LogP contribution in [0.5, 0.6) is 11.5 Å². The molecule has 6 nitrogen and oxygen atoms in total. The molecule has 156 valence electrons. The number of amides is 1. The van der Waals surface area contributed by atoms with Crippen molar-refractivity contribution in [3.63, 3.8) is 0 Å². The van der Waals surface area contributed by atoms with Gasteiger partial charge in [0.05, 0.1) is 17.6 Å². The van der Waals surface area contributed by atoms with Crippen LogP contribution in [0.1, 0.15) is 34.6 Å². The third kappa shape index (κ3) is 4.00. The maximum atomic E-state index is 12.5. The summed E-state index contributed by atoms with van der Waals surface area (Å²) >= 11 is 7.67. The summed E-state index contributed by atoms with van der Waals surface area (Å²) in [6.07, 6.45) is 0. The molecule has 8 heteroatoms. The SMILES string of the molecule is COc1cccc(C2SC(C)C(=O)Nc3n[nH]c(C)c32)c1OCc1cccc(Cl)c1. The van der Waals surface area contributed by atoms with Gasteiger partial charge in [0.1, 0.15) is 6.61 Å². The number of carbonyl (C=O) groups excluding carboxylic acids is 1. The number of aryl methyl sites for hydroxylation is 1. The molecule has 0 aliphatic carbocycles. The molecule has 2 atom stereocenters.